The Labute approximate surface area is 191 Å². The molecule has 0 aliphatic carbocycles. The molecule has 0 bridgehead atoms. The van der Waals surface area contributed by atoms with Crippen LogP contribution in [0.5, 0.6) is 5.75 Å². The van der Waals surface area contributed by atoms with E-state index in [1.807, 2.05) is 0 Å². The van der Waals surface area contributed by atoms with Crippen LogP contribution in [0.2, 0.25) is 0 Å². The van der Waals surface area contributed by atoms with Crippen molar-refractivity contribution >= 4 is 27.5 Å². The van der Waals surface area contributed by atoms with Gasteiger partial charge in [0.1, 0.15) is 22.9 Å². The molecule has 184 valence electrons. The summed E-state index contributed by atoms with van der Waals surface area (Å²) in [5.74, 6) is 0.273. The number of carbonyl (C=O) groups excluding carboxylic acids is 1. The van der Waals surface area contributed by atoms with Gasteiger partial charge in [-0.05, 0) is 59.9 Å². The van der Waals surface area contributed by atoms with Crippen LogP contribution < -0.4 is 20.1 Å². The lowest BCUT2D eigenvalue weighted by atomic mass is 10.2. The number of alkyl halides is 2. The van der Waals surface area contributed by atoms with Gasteiger partial charge in [0, 0.05) is 5.69 Å². The number of nitrogens with one attached hydrogen (secondary N) is 1. The van der Waals surface area contributed by atoms with Gasteiger partial charge in [0.2, 0.25) is 0 Å². The number of sulfonamides is 1. The van der Waals surface area contributed by atoms with Crippen molar-refractivity contribution in [2.75, 3.05) is 23.3 Å². The van der Waals surface area contributed by atoms with Gasteiger partial charge in [-0.15, -0.1) is 0 Å². The van der Waals surface area contributed by atoms with Gasteiger partial charge in [-0.3, -0.25) is 9.62 Å². The van der Waals surface area contributed by atoms with Crippen LogP contribution in [-0.2, 0) is 14.8 Å². The van der Waals surface area contributed by atoms with Crippen LogP contribution in [0, 0.1) is 6.92 Å². The normalized spacial score (nSPS) is 15.8. The minimum atomic E-state index is -4.25. The molecule has 2 aromatic rings. The first kappa shape index (κ1) is 26.3. The van der Waals surface area contributed by atoms with Crippen LogP contribution in [-0.4, -0.2) is 49.6 Å². The highest BCUT2D eigenvalue weighted by Gasteiger charge is 2.37. The lowest BCUT2D eigenvalue weighted by Gasteiger charge is -2.35. The molecule has 1 aliphatic rings. The highest BCUT2D eigenvalue weighted by Crippen LogP contribution is 2.40. The molecular weight excluding hydrogens is 460 g/mol. The number of hydrogen-bond acceptors (Lipinski definition) is 7. The van der Waals surface area contributed by atoms with Gasteiger partial charge in [0.25, 0.3) is 10.0 Å². The number of anilines is 2. The third-order valence-electron chi connectivity index (χ3n) is 4.33. The monoisotopic (exact) mass is 489 g/mol. The SMILES string of the molecule is CN.Cc1nn(C(F)F)cc1S(=O)(=O)N1c2cc(NC(=O)OC(C)(C)C)ccc2OC[C@H]1C. The van der Waals surface area contributed by atoms with E-state index in [1.54, 1.807) is 33.8 Å². The summed E-state index contributed by atoms with van der Waals surface area (Å²) in [7, 11) is -2.75. The molecule has 1 atom stereocenters. The van der Waals surface area contributed by atoms with Gasteiger partial charge in [-0.25, -0.2) is 17.9 Å². The van der Waals surface area contributed by atoms with Crippen molar-refractivity contribution < 1.29 is 31.5 Å². The molecule has 0 unspecified atom stereocenters. The first-order valence-electron chi connectivity index (χ1n) is 10.0. The van der Waals surface area contributed by atoms with E-state index in [-0.39, 0.29) is 34.3 Å². The first-order valence-corrected chi connectivity index (χ1v) is 11.5. The predicted octanol–water partition coefficient (Wildman–Crippen LogP) is 3.48. The number of ether oxygens (including phenoxy) is 2. The minimum absolute atomic E-state index is 0.0522. The molecule has 33 heavy (non-hydrogen) atoms. The van der Waals surface area contributed by atoms with E-state index in [0.29, 0.717) is 4.68 Å². The zero-order chi connectivity index (χ0) is 25.1. The quantitative estimate of drug-likeness (QED) is 0.673. The van der Waals surface area contributed by atoms with Crippen molar-refractivity contribution in [2.45, 2.75) is 57.7 Å². The van der Waals surface area contributed by atoms with E-state index in [1.165, 1.54) is 26.1 Å². The van der Waals surface area contributed by atoms with Crippen LogP contribution in [0.4, 0.5) is 25.0 Å². The molecule has 3 rings (SSSR count). The summed E-state index contributed by atoms with van der Waals surface area (Å²) < 4.78 is 65.1. The van der Waals surface area contributed by atoms with Crippen molar-refractivity contribution in [3.8, 4) is 5.75 Å². The van der Waals surface area contributed by atoms with Crippen LogP contribution in [0.25, 0.3) is 0 Å². The number of halogens is 2. The second kappa shape index (κ2) is 9.91. The molecule has 0 fully saturated rings. The van der Waals surface area contributed by atoms with E-state index >= 15 is 0 Å². The van der Waals surface area contributed by atoms with Gasteiger partial charge >= 0.3 is 12.6 Å². The van der Waals surface area contributed by atoms with Crippen LogP contribution in [0.1, 0.15) is 39.9 Å². The number of nitrogens with zero attached hydrogens (tertiary/aromatic N) is 3. The maximum atomic E-state index is 13.4. The maximum absolute atomic E-state index is 13.4. The Morgan fingerprint density at radius 1 is 1.33 bits per heavy atom. The van der Waals surface area contributed by atoms with Gasteiger partial charge in [0.15, 0.2) is 0 Å². The van der Waals surface area contributed by atoms with Crippen molar-refractivity contribution in [3.05, 3.63) is 30.1 Å². The lowest BCUT2D eigenvalue weighted by Crippen LogP contribution is -2.45. The summed E-state index contributed by atoms with van der Waals surface area (Å²) in [4.78, 5) is 11.8. The van der Waals surface area contributed by atoms with Gasteiger partial charge in [-0.2, -0.15) is 13.9 Å². The maximum Gasteiger partial charge on any atom is 0.412 e. The zero-order valence-electron chi connectivity index (χ0n) is 19.3. The molecule has 1 aromatic carbocycles. The van der Waals surface area contributed by atoms with Gasteiger partial charge in [0.05, 0.1) is 23.6 Å². The smallest absolute Gasteiger partial charge is 0.412 e. The summed E-state index contributed by atoms with van der Waals surface area (Å²) in [5, 5.41) is 6.15. The van der Waals surface area contributed by atoms with Crippen molar-refractivity contribution in [1.82, 2.24) is 9.78 Å². The number of hydrogen-bond donors (Lipinski definition) is 2. The van der Waals surface area contributed by atoms with E-state index in [4.69, 9.17) is 9.47 Å². The Morgan fingerprint density at radius 2 is 1.97 bits per heavy atom. The Hall–Kier alpha value is -2.93. The molecule has 0 saturated carbocycles. The highest BCUT2D eigenvalue weighted by atomic mass is 32.2. The van der Waals surface area contributed by atoms with Crippen molar-refractivity contribution in [1.29, 1.82) is 0 Å². The summed E-state index contributed by atoms with van der Waals surface area (Å²) in [6, 6.07) is 3.86. The molecule has 2 heterocycles. The van der Waals surface area contributed by atoms with E-state index in [9.17, 15) is 22.0 Å². The summed E-state index contributed by atoms with van der Waals surface area (Å²) in [5.41, 5.74) is 4.18. The number of fused-ring (bicyclic) bond motifs is 1. The zero-order valence-corrected chi connectivity index (χ0v) is 20.1. The topological polar surface area (TPSA) is 129 Å². The molecular formula is C20H29F2N5O5S. The minimum Gasteiger partial charge on any atom is -0.489 e. The fourth-order valence-electron chi connectivity index (χ4n) is 3.12. The third-order valence-corrected chi connectivity index (χ3v) is 6.36. The number of carbonyl (C=O) groups is 1. The second-order valence-corrected chi connectivity index (χ2v) is 9.89. The Morgan fingerprint density at radius 3 is 2.52 bits per heavy atom. The van der Waals surface area contributed by atoms with Crippen LogP contribution in [0.15, 0.2) is 29.3 Å². The molecule has 1 aromatic heterocycles. The van der Waals surface area contributed by atoms with E-state index in [2.05, 4.69) is 16.1 Å². The largest absolute Gasteiger partial charge is 0.489 e. The van der Waals surface area contributed by atoms with Gasteiger partial charge < -0.3 is 15.2 Å². The lowest BCUT2D eigenvalue weighted by molar-refractivity contribution is 0.0560. The predicted molar refractivity (Wildman–Crippen MR) is 119 cm³/mol. The highest BCUT2D eigenvalue weighted by molar-refractivity contribution is 7.93. The number of amides is 1. The fraction of sp³-hybridized carbons (Fsp3) is 0.500. The molecule has 1 aliphatic heterocycles. The van der Waals surface area contributed by atoms with Crippen LogP contribution >= 0.6 is 0 Å². The van der Waals surface area contributed by atoms with Crippen LogP contribution in [0.3, 0.4) is 0 Å². The molecule has 1 amide bonds. The standard InChI is InChI=1S/C19H24F2N4O5S.CH5N/c1-11-10-29-15-7-6-13(22-18(26)30-19(3,4)5)8-14(15)25(11)31(27,28)16-9-24(17(20)21)23-12(16)2;1-2/h6-9,11,17H,10H2,1-5H3,(H,22,26);2H2,1H3/t11-;/m1./s1. The summed E-state index contributed by atoms with van der Waals surface area (Å²) >= 11 is 0. The number of aryl methyl sites for hydroxylation is 1. The molecule has 0 spiro atoms. The first-order chi connectivity index (χ1) is 15.3. The molecule has 3 N–H and O–H groups in total. The number of rotatable bonds is 4. The van der Waals surface area contributed by atoms with Crippen molar-refractivity contribution in [3.63, 3.8) is 0 Å². The average Bonchev–Trinajstić information content (AvgIpc) is 3.10. The Kier molecular flexibility index (Phi) is 7.91. The second-order valence-electron chi connectivity index (χ2n) is 8.11. The fourth-order valence-corrected chi connectivity index (χ4v) is 4.92. The third kappa shape index (κ3) is 5.90. The summed E-state index contributed by atoms with van der Waals surface area (Å²) in [6.45, 7) is 5.20. The van der Waals surface area contributed by atoms with Gasteiger partial charge in [-0.1, -0.05) is 0 Å². The summed E-state index contributed by atoms with van der Waals surface area (Å²) in [6.07, 6.45) is 0.0978. The number of benzene rings is 1. The van der Waals surface area contributed by atoms with E-state index < -0.39 is 34.3 Å². The Balaban J connectivity index is 0.00000187. The Bertz CT molecular complexity index is 1100. The average molecular weight is 490 g/mol. The van der Waals surface area contributed by atoms with Crippen molar-refractivity contribution in [2.24, 2.45) is 5.73 Å². The molecule has 13 heteroatoms. The number of aromatic nitrogens is 2. The number of nitrogens with two attached hydrogens (primary N) is 1. The van der Waals surface area contributed by atoms with E-state index in [0.717, 1.165) is 10.5 Å². The molecule has 10 nitrogen and oxygen atoms in total. The molecule has 0 radical (unpaired) electrons. The molecule has 0 saturated heterocycles.